The summed E-state index contributed by atoms with van der Waals surface area (Å²) in [5.41, 5.74) is 0. The average Bonchev–Trinajstić information content (AvgIpc) is 1.65. The fourth-order valence-corrected chi connectivity index (χ4v) is 0.812. The molecular weight excluding hydrogens is 132 g/mol. The first-order chi connectivity index (χ1) is 3.71. The zero-order valence-electron chi connectivity index (χ0n) is 3.90. The smallest absolute Gasteiger partial charge is 0.370 e. The molecule has 0 aromatic carbocycles. The van der Waals surface area contributed by atoms with E-state index in [-0.39, 0.29) is 6.61 Å². The molecule has 0 N–H and O–H groups in total. The quantitative estimate of drug-likeness (QED) is 0.462. The van der Waals surface area contributed by atoms with E-state index in [9.17, 15) is 8.42 Å². The van der Waals surface area contributed by atoms with Gasteiger partial charge in [-0.25, -0.2) is 4.18 Å². The van der Waals surface area contributed by atoms with Crippen LogP contribution in [0.1, 0.15) is 0 Å². The Labute approximate surface area is 47.0 Å². The molecular formula is C3H4O4S. The molecule has 1 aliphatic heterocycles. The van der Waals surface area contributed by atoms with E-state index in [0.717, 1.165) is 6.26 Å². The molecule has 0 spiro atoms. The lowest BCUT2D eigenvalue weighted by molar-refractivity contribution is 0.264. The summed E-state index contributed by atoms with van der Waals surface area (Å²) in [6.45, 7) is 0.0718. The largest absolute Gasteiger partial charge is 0.448 e. The number of hydrogen-bond donors (Lipinski definition) is 0. The zero-order valence-corrected chi connectivity index (χ0v) is 4.72. The van der Waals surface area contributed by atoms with Crippen LogP contribution in [0, 0.1) is 0 Å². The van der Waals surface area contributed by atoms with E-state index in [4.69, 9.17) is 0 Å². The van der Waals surface area contributed by atoms with Crippen LogP contribution in [0.25, 0.3) is 0 Å². The molecule has 0 bridgehead atoms. The molecule has 0 aromatic rings. The molecule has 0 aromatic heterocycles. The lowest BCUT2D eigenvalue weighted by Gasteiger charge is -2.04. The molecule has 4 nitrogen and oxygen atoms in total. The highest BCUT2D eigenvalue weighted by atomic mass is 32.3. The Hall–Kier alpha value is -0.550. The van der Waals surface area contributed by atoms with Crippen molar-refractivity contribution in [3.05, 3.63) is 12.3 Å². The Morgan fingerprint density at radius 2 is 2.25 bits per heavy atom. The minimum Gasteiger partial charge on any atom is -0.370 e. The minimum absolute atomic E-state index is 0.0718. The molecule has 0 amide bonds. The second-order valence-corrected chi connectivity index (χ2v) is 2.41. The van der Waals surface area contributed by atoms with Crippen LogP contribution in [-0.4, -0.2) is 15.0 Å². The third kappa shape index (κ3) is 1.21. The highest BCUT2D eigenvalue weighted by molar-refractivity contribution is 7.82. The Morgan fingerprint density at radius 3 is 2.50 bits per heavy atom. The van der Waals surface area contributed by atoms with Gasteiger partial charge in [-0.1, -0.05) is 0 Å². The summed E-state index contributed by atoms with van der Waals surface area (Å²) in [6, 6.07) is 0. The van der Waals surface area contributed by atoms with Crippen LogP contribution < -0.4 is 0 Å². The molecule has 0 aliphatic carbocycles. The summed E-state index contributed by atoms with van der Waals surface area (Å²) >= 11 is 0. The molecule has 1 rings (SSSR count). The predicted octanol–water partition coefficient (Wildman–Crippen LogP) is -0.208. The fourth-order valence-electron chi connectivity index (χ4n) is 0.297. The second-order valence-electron chi connectivity index (χ2n) is 1.16. The highest BCUT2D eigenvalue weighted by Gasteiger charge is 2.11. The SMILES string of the molecule is O=S1(=O)OC=CCO1. The summed E-state index contributed by atoms with van der Waals surface area (Å²) in [5, 5.41) is 0. The van der Waals surface area contributed by atoms with Gasteiger partial charge in [-0.05, 0) is 6.08 Å². The fraction of sp³-hybridized carbons (Fsp3) is 0.333. The zero-order chi connectivity index (χ0) is 6.04. The van der Waals surface area contributed by atoms with Gasteiger partial charge in [0.2, 0.25) is 0 Å². The monoisotopic (exact) mass is 136 g/mol. The van der Waals surface area contributed by atoms with Gasteiger partial charge in [0, 0.05) is 0 Å². The molecule has 0 saturated carbocycles. The second kappa shape index (κ2) is 1.75. The van der Waals surface area contributed by atoms with Crippen molar-refractivity contribution in [3.63, 3.8) is 0 Å². The van der Waals surface area contributed by atoms with Crippen molar-refractivity contribution in [1.29, 1.82) is 0 Å². The Bertz CT molecular complexity index is 189. The van der Waals surface area contributed by atoms with Crippen molar-refractivity contribution < 1.29 is 16.8 Å². The standard InChI is InChI=1S/C3H4O4S/c4-8(5)6-2-1-3-7-8/h1-2H,3H2. The predicted molar refractivity (Wildman–Crippen MR) is 25.1 cm³/mol. The summed E-state index contributed by atoms with van der Waals surface area (Å²) < 4.78 is 28.5. The Morgan fingerprint density at radius 1 is 1.50 bits per heavy atom. The summed E-state index contributed by atoms with van der Waals surface area (Å²) in [4.78, 5) is 0. The van der Waals surface area contributed by atoms with Gasteiger partial charge in [-0.3, -0.25) is 0 Å². The average molecular weight is 136 g/mol. The van der Waals surface area contributed by atoms with Gasteiger partial charge in [0.15, 0.2) is 0 Å². The van der Waals surface area contributed by atoms with Gasteiger partial charge in [-0.15, -0.1) is 0 Å². The first-order valence-corrected chi connectivity index (χ1v) is 3.27. The molecule has 46 valence electrons. The maximum absolute atomic E-state index is 10.2. The highest BCUT2D eigenvalue weighted by Crippen LogP contribution is 2.01. The van der Waals surface area contributed by atoms with Crippen LogP contribution in [-0.2, 0) is 18.8 Å². The van der Waals surface area contributed by atoms with Crippen LogP contribution in [0.2, 0.25) is 0 Å². The molecule has 1 heterocycles. The van der Waals surface area contributed by atoms with Gasteiger partial charge in [0.25, 0.3) is 0 Å². The lowest BCUT2D eigenvalue weighted by atomic mass is 10.7. The van der Waals surface area contributed by atoms with E-state index >= 15 is 0 Å². The van der Waals surface area contributed by atoms with E-state index in [1.165, 1.54) is 6.08 Å². The number of rotatable bonds is 0. The maximum atomic E-state index is 10.2. The van der Waals surface area contributed by atoms with Crippen LogP contribution in [0.3, 0.4) is 0 Å². The Balaban J connectivity index is 2.79. The van der Waals surface area contributed by atoms with Crippen molar-refractivity contribution in [2.75, 3.05) is 6.61 Å². The van der Waals surface area contributed by atoms with Gasteiger partial charge < -0.3 is 4.18 Å². The molecule has 0 radical (unpaired) electrons. The van der Waals surface area contributed by atoms with Crippen molar-refractivity contribution in [1.82, 2.24) is 0 Å². The van der Waals surface area contributed by atoms with Crippen LogP contribution in [0.4, 0.5) is 0 Å². The first-order valence-electron chi connectivity index (χ1n) is 1.93. The molecule has 8 heavy (non-hydrogen) atoms. The van der Waals surface area contributed by atoms with E-state index in [2.05, 4.69) is 8.37 Å². The number of hydrogen-bond acceptors (Lipinski definition) is 4. The molecule has 0 atom stereocenters. The van der Waals surface area contributed by atoms with Crippen molar-refractivity contribution in [2.45, 2.75) is 0 Å². The van der Waals surface area contributed by atoms with Crippen LogP contribution in [0.5, 0.6) is 0 Å². The normalized spacial score (nSPS) is 24.5. The van der Waals surface area contributed by atoms with Crippen LogP contribution >= 0.6 is 0 Å². The summed E-state index contributed by atoms with van der Waals surface area (Å²) in [7, 11) is -3.67. The van der Waals surface area contributed by atoms with Crippen molar-refractivity contribution >= 4 is 10.4 Å². The molecule has 0 fully saturated rings. The van der Waals surface area contributed by atoms with E-state index in [1.54, 1.807) is 0 Å². The minimum atomic E-state index is -3.67. The molecule has 5 heteroatoms. The molecule has 0 unspecified atom stereocenters. The lowest BCUT2D eigenvalue weighted by Crippen LogP contribution is -2.10. The third-order valence-corrected chi connectivity index (χ3v) is 1.35. The topological polar surface area (TPSA) is 52.6 Å². The van der Waals surface area contributed by atoms with Crippen molar-refractivity contribution in [2.24, 2.45) is 0 Å². The van der Waals surface area contributed by atoms with Gasteiger partial charge in [-0.2, -0.15) is 8.42 Å². The first kappa shape index (κ1) is 5.58. The van der Waals surface area contributed by atoms with Crippen molar-refractivity contribution in [3.8, 4) is 0 Å². The van der Waals surface area contributed by atoms with E-state index in [1.807, 2.05) is 0 Å². The van der Waals surface area contributed by atoms with E-state index < -0.39 is 10.4 Å². The summed E-state index contributed by atoms with van der Waals surface area (Å²) in [5.74, 6) is 0. The maximum Gasteiger partial charge on any atom is 0.448 e. The van der Waals surface area contributed by atoms with Crippen LogP contribution in [0.15, 0.2) is 12.3 Å². The molecule has 1 aliphatic rings. The summed E-state index contributed by atoms with van der Waals surface area (Å²) in [6.07, 6.45) is 2.54. The van der Waals surface area contributed by atoms with E-state index in [0.29, 0.717) is 0 Å². The van der Waals surface area contributed by atoms with Gasteiger partial charge in [0.05, 0.1) is 6.61 Å². The van der Waals surface area contributed by atoms with Gasteiger partial charge >= 0.3 is 10.4 Å². The Kier molecular flexibility index (Phi) is 1.22. The molecule has 0 saturated heterocycles. The third-order valence-electron chi connectivity index (χ3n) is 0.578. The van der Waals surface area contributed by atoms with Gasteiger partial charge in [0.1, 0.15) is 6.26 Å².